The maximum absolute atomic E-state index is 15.0. The molecule has 8 N–H and O–H groups in total. The second-order valence-electron chi connectivity index (χ2n) is 41.7. The van der Waals surface area contributed by atoms with Gasteiger partial charge >= 0.3 is 0 Å². The second-order valence-corrected chi connectivity index (χ2v) is 42.1. The minimum Gasteiger partial charge on any atom is -0.493 e. The van der Waals surface area contributed by atoms with Crippen LogP contribution < -0.4 is 33.2 Å². The molecule has 150 heavy (non-hydrogen) atoms. The monoisotopic (exact) mass is 2080 g/mol. The molecular formula is C119H123ClF8N4O18. The summed E-state index contributed by atoms with van der Waals surface area (Å²) in [7, 11) is 0. The van der Waals surface area contributed by atoms with E-state index in [1.165, 1.54) is 53.6 Å². The van der Waals surface area contributed by atoms with Gasteiger partial charge in [0.05, 0.1) is 75.2 Å². The van der Waals surface area contributed by atoms with Crippen molar-refractivity contribution in [2.24, 2.45) is 47.3 Å². The summed E-state index contributed by atoms with van der Waals surface area (Å²) in [6, 6.07) is 31.1. The van der Waals surface area contributed by atoms with E-state index in [2.05, 4.69) is 26.9 Å². The summed E-state index contributed by atoms with van der Waals surface area (Å²) in [6.45, 7) is 20.4. The molecule has 8 aliphatic carbocycles. The molecule has 4 saturated carbocycles. The Labute approximate surface area is 870 Å². The van der Waals surface area contributed by atoms with Crippen molar-refractivity contribution in [3.8, 4) is 85.3 Å². The van der Waals surface area contributed by atoms with Gasteiger partial charge in [-0.3, -0.25) is 14.4 Å². The molecule has 0 saturated heterocycles. The molecule has 4 aromatic heterocycles. The smallest absolute Gasteiger partial charge is 0.213 e. The number of carbonyl (C=O) groups is 3. The van der Waals surface area contributed by atoms with E-state index < -0.39 is 77.1 Å². The minimum atomic E-state index is -1.15. The molecule has 4 fully saturated rings. The van der Waals surface area contributed by atoms with Crippen LogP contribution in [0.15, 0.2) is 146 Å². The number of aromatic nitrogens is 4. The normalized spacial score (nSPS) is 20.4. The number of ketones is 3. The second kappa shape index (κ2) is 45.5. The third kappa shape index (κ3) is 23.8. The maximum Gasteiger partial charge on any atom is 0.213 e. The molecule has 0 amide bonds. The molecule has 790 valence electrons. The van der Waals surface area contributed by atoms with Gasteiger partial charge in [0, 0.05) is 149 Å². The zero-order valence-electron chi connectivity index (χ0n) is 85.5. The summed E-state index contributed by atoms with van der Waals surface area (Å²) in [6.07, 6.45) is 9.73. The van der Waals surface area contributed by atoms with Crippen molar-refractivity contribution in [3.05, 3.63) is 309 Å². The van der Waals surface area contributed by atoms with Crippen molar-refractivity contribution in [1.29, 1.82) is 0 Å². The molecule has 0 bridgehead atoms. The summed E-state index contributed by atoms with van der Waals surface area (Å²) >= 11 is 6.35. The number of nitrogens with zero attached hydrogens (tertiary/aromatic N) is 4. The van der Waals surface area contributed by atoms with E-state index in [9.17, 15) is 75.0 Å². The fourth-order valence-corrected chi connectivity index (χ4v) is 23.1. The predicted octanol–water partition coefficient (Wildman–Crippen LogP) is 20.6. The van der Waals surface area contributed by atoms with Crippen molar-refractivity contribution in [1.82, 2.24) is 19.9 Å². The number of aryl methyl sites for hydroxylation is 8. The summed E-state index contributed by atoms with van der Waals surface area (Å²) in [5.41, 5.74) is 19.1. The Hall–Kier alpha value is -12.6. The number of hydrogen-bond donors (Lipinski definition) is 8. The highest BCUT2D eigenvalue weighted by molar-refractivity contribution is 6.33. The number of fused-ring (bicyclic) bond motifs is 12. The number of benzene rings is 8. The van der Waals surface area contributed by atoms with E-state index in [-0.39, 0.29) is 182 Å². The summed E-state index contributed by atoms with van der Waals surface area (Å²) in [4.78, 5) is 52.8. The van der Waals surface area contributed by atoms with Crippen molar-refractivity contribution in [2.45, 2.75) is 215 Å². The van der Waals surface area contributed by atoms with Crippen LogP contribution in [-0.4, -0.2) is 148 Å². The lowest BCUT2D eigenvalue weighted by Crippen LogP contribution is -2.29. The maximum atomic E-state index is 15.0. The van der Waals surface area contributed by atoms with Crippen LogP contribution in [0.1, 0.15) is 195 Å². The molecule has 0 aliphatic heterocycles. The molecule has 22 nitrogen and oxygen atoms in total. The SMILES string of the molecule is CC(=O)[C@H]1[C@@H]2Cc3cc(OCc4cc(-c5c(C)cc(OCC[C@@H](O)CO)cc5C)c(F)cc4F)ncc3[C@@H]21.CC(=O)[C@H]1[C@@H]2Cc3cc(OCc4cc(-c5c(C)cc(OCC[C@H](O)CO)cc5C)c(F)cc4F)ncc3[C@@H]21.CC(=O)[C@H]1[C@@H]2Cc3cc(OCc4cc(-c5cc(F)c(OCC[C@@H](O)CO)cc5C)c(Cl)cc4F)ncc3[C@@H]21.Cc1cc(CCC(C)(O)CO)cc(C)c1-c1cc(COc2cc3c(cn2)[C@@H]2[C@@H](C)[C@@H]2C3)c(F)cc1F. The first-order valence-electron chi connectivity index (χ1n) is 50.7. The highest BCUT2D eigenvalue weighted by Gasteiger charge is 2.61. The predicted molar refractivity (Wildman–Crippen MR) is 547 cm³/mol. The van der Waals surface area contributed by atoms with Gasteiger partial charge in [-0.05, 0) is 346 Å². The van der Waals surface area contributed by atoms with Crippen molar-refractivity contribution in [2.75, 3.05) is 46.2 Å². The number of carbonyl (C=O) groups excluding carboxylic acids is 3. The highest BCUT2D eigenvalue weighted by Crippen LogP contribution is 2.65. The standard InChI is InChI=1S/2C30H31F2NO5.C30H33F2NO3.C29H28ClF2NO5/c2*1-15-6-21(37-5-4-20(36)13-34)7-16(2)28(15)22-9-19(25(31)11-26(22)32)14-38-27-10-18-8-23-29(17(3)35)30(23)24(18)12-33-27;1-16-7-19(5-6-30(4,35)15-34)8-17(2)28(16)23-10-21(25(31)12-26(23)32)14-36-27-11-20-9-22-18(3)29(22)24(20)13-33-27;1-14-5-26(37-4-3-18(36)12-34)25(32)9-19(14)20-7-17(24(31)10-23(20)30)13-38-27-8-16-6-21-28(15(2)35)29(21)22(16)11-33-27/h2*6-7,9-12,20,23,29-30,34,36H,4-5,8,13-14H2,1-3H3;7-8,10-13,18,22,29,34-35H,5-6,9,14-15H2,1-4H3;5,7-11,18,21,28-29,34,36H,3-4,6,12-13H2,1-2H3/t20-,23+,29+,30-;20-,23-,29-,30+;18-,22-,29+,30?;18-,21+,28+,29-/m1001/s1. The van der Waals surface area contributed by atoms with Gasteiger partial charge in [-0.25, -0.2) is 55.1 Å². The Balaban J connectivity index is 0.000000136. The van der Waals surface area contributed by atoms with Crippen LogP contribution >= 0.6 is 11.6 Å². The number of ether oxygens (including phenoxy) is 7. The zero-order chi connectivity index (χ0) is 107. The van der Waals surface area contributed by atoms with E-state index in [1.807, 2.05) is 84.1 Å². The van der Waals surface area contributed by atoms with Crippen LogP contribution in [0.3, 0.4) is 0 Å². The van der Waals surface area contributed by atoms with E-state index in [0.29, 0.717) is 105 Å². The lowest BCUT2D eigenvalue weighted by Gasteiger charge is -2.21. The third-order valence-corrected chi connectivity index (χ3v) is 31.1. The molecule has 31 heteroatoms. The molecule has 16 atom stereocenters. The fraction of sp³-hybridized carbons (Fsp3) is 0.403. The van der Waals surface area contributed by atoms with Crippen LogP contribution in [0.4, 0.5) is 35.1 Å². The van der Waals surface area contributed by atoms with Gasteiger partial charge in [0.2, 0.25) is 23.5 Å². The largest absolute Gasteiger partial charge is 0.493 e. The Bertz CT molecular complexity index is 6890. The number of Topliss-reactive ketones (excluding diaryl/α,β-unsaturated/α-hetero) is 3. The number of aliphatic hydroxyl groups is 8. The van der Waals surface area contributed by atoms with Gasteiger partial charge in [0.25, 0.3) is 0 Å². The lowest BCUT2D eigenvalue weighted by atomic mass is 9.89. The quantitative estimate of drug-likeness (QED) is 0.0167. The van der Waals surface area contributed by atoms with E-state index in [0.717, 1.165) is 134 Å². The minimum absolute atomic E-state index is 0.00752. The molecule has 0 radical (unpaired) electrons. The molecule has 4 heterocycles. The third-order valence-electron chi connectivity index (χ3n) is 30.8. The average Bonchev–Trinajstić information content (AvgIpc) is 1.56. The summed E-state index contributed by atoms with van der Waals surface area (Å²) in [5.74, 6) is 2.40. The van der Waals surface area contributed by atoms with E-state index in [4.69, 9.17) is 60.1 Å². The van der Waals surface area contributed by atoms with Gasteiger partial charge in [0.1, 0.15) is 96.0 Å². The average molecular weight is 2080 g/mol. The van der Waals surface area contributed by atoms with E-state index >= 15 is 0 Å². The molecule has 1 unspecified atom stereocenters. The van der Waals surface area contributed by atoms with Crippen LogP contribution in [-0.2, 0) is 72.9 Å². The number of halogens is 9. The highest BCUT2D eigenvalue weighted by atomic mass is 35.5. The van der Waals surface area contributed by atoms with Gasteiger partial charge in [-0.2, -0.15) is 0 Å². The van der Waals surface area contributed by atoms with Crippen LogP contribution in [0.5, 0.6) is 40.8 Å². The van der Waals surface area contributed by atoms with Gasteiger partial charge < -0.3 is 74.0 Å². The Morgan fingerprint density at radius 2 is 0.687 bits per heavy atom. The fourth-order valence-electron chi connectivity index (χ4n) is 22.8. The van der Waals surface area contributed by atoms with Gasteiger partial charge in [0.15, 0.2) is 11.6 Å². The first-order chi connectivity index (χ1) is 71.6. The number of hydrogen-bond acceptors (Lipinski definition) is 22. The Morgan fingerprint density at radius 3 is 1.02 bits per heavy atom. The number of rotatable bonds is 38. The molecular weight excluding hydrogens is 1960 g/mol. The summed E-state index contributed by atoms with van der Waals surface area (Å²) < 4.78 is 159. The van der Waals surface area contributed by atoms with Crippen LogP contribution in [0.25, 0.3) is 44.5 Å². The Morgan fingerprint density at radius 1 is 0.373 bits per heavy atom. The molecule has 20 rings (SSSR count). The Kier molecular flexibility index (Phi) is 32.9. The number of aliphatic hydroxyl groups excluding tert-OH is 7. The molecule has 12 aromatic rings. The van der Waals surface area contributed by atoms with Gasteiger partial charge in [-0.15, -0.1) is 0 Å². The first kappa shape index (κ1) is 109. The number of pyridine rings is 4. The molecule has 0 spiro atoms. The van der Waals surface area contributed by atoms with Crippen molar-refractivity contribution < 1.29 is 124 Å². The molecule has 8 aliphatic rings. The van der Waals surface area contributed by atoms with Crippen molar-refractivity contribution in [3.63, 3.8) is 0 Å². The zero-order valence-corrected chi connectivity index (χ0v) is 86.3. The first-order valence-corrected chi connectivity index (χ1v) is 51.1. The van der Waals surface area contributed by atoms with Crippen molar-refractivity contribution >= 4 is 29.0 Å². The lowest BCUT2D eigenvalue weighted by molar-refractivity contribution is -0.119. The van der Waals surface area contributed by atoms with Gasteiger partial charge in [-0.1, -0.05) is 30.7 Å². The topological polar surface area (TPSA) is 329 Å². The summed E-state index contributed by atoms with van der Waals surface area (Å²) in [5, 5.41) is 74.7. The van der Waals surface area contributed by atoms with E-state index in [1.54, 1.807) is 77.5 Å². The molecule has 8 aromatic carbocycles. The van der Waals surface area contributed by atoms with Crippen LogP contribution in [0.2, 0.25) is 5.02 Å². The van der Waals surface area contributed by atoms with Crippen LogP contribution in [0, 0.1) is 142 Å².